The van der Waals surface area contributed by atoms with Crippen LogP contribution in [0.15, 0.2) is 12.2 Å². The largest absolute Gasteiger partial charge is 0.478 e. The van der Waals surface area contributed by atoms with Gasteiger partial charge >= 0.3 is 5.97 Å². The molecule has 4 nitrogen and oxygen atoms in total. The molecule has 1 unspecified atom stereocenters. The van der Waals surface area contributed by atoms with Crippen molar-refractivity contribution >= 4 is 5.97 Å². The van der Waals surface area contributed by atoms with Crippen molar-refractivity contribution in [1.82, 2.24) is 9.80 Å². The van der Waals surface area contributed by atoms with Gasteiger partial charge in [0.15, 0.2) is 0 Å². The van der Waals surface area contributed by atoms with Gasteiger partial charge in [0.25, 0.3) is 0 Å². The van der Waals surface area contributed by atoms with Gasteiger partial charge in [-0.25, -0.2) is 4.79 Å². The molecule has 1 rings (SSSR count). The summed E-state index contributed by atoms with van der Waals surface area (Å²) in [7, 11) is 2.12. The summed E-state index contributed by atoms with van der Waals surface area (Å²) >= 11 is 0. The number of nitrogens with zero attached hydrogens (tertiary/aromatic N) is 2. The van der Waals surface area contributed by atoms with Crippen molar-refractivity contribution in [2.45, 2.75) is 19.4 Å². The van der Waals surface area contributed by atoms with Crippen LogP contribution in [0.5, 0.6) is 0 Å². The van der Waals surface area contributed by atoms with Gasteiger partial charge in [0.05, 0.1) is 0 Å². The minimum atomic E-state index is -0.887. The van der Waals surface area contributed by atoms with E-state index in [9.17, 15) is 4.79 Å². The van der Waals surface area contributed by atoms with E-state index < -0.39 is 5.97 Å². The van der Waals surface area contributed by atoms with E-state index in [-0.39, 0.29) is 5.57 Å². The maximum atomic E-state index is 10.7. The topological polar surface area (TPSA) is 43.8 Å². The highest BCUT2D eigenvalue weighted by Gasteiger charge is 2.23. The van der Waals surface area contributed by atoms with E-state index in [0.29, 0.717) is 12.6 Å². The van der Waals surface area contributed by atoms with Gasteiger partial charge in [-0.3, -0.25) is 4.90 Å². The molecule has 1 saturated heterocycles. The molecule has 0 amide bonds. The molecule has 0 spiro atoms. The van der Waals surface area contributed by atoms with E-state index in [4.69, 9.17) is 5.11 Å². The summed E-state index contributed by atoms with van der Waals surface area (Å²) in [5, 5.41) is 8.75. The summed E-state index contributed by atoms with van der Waals surface area (Å²) in [5.41, 5.74) is 0.286. The zero-order chi connectivity index (χ0) is 11.4. The molecule has 0 aromatic carbocycles. The standard InChI is InChI=1S/C11H20N2O2/c1-4-10-8-13(6-5-12(10)3)7-9(2)11(14)15/h10H,2,4-8H2,1,3H3,(H,14,15). The SMILES string of the molecule is C=C(CN1CCN(C)C(CC)C1)C(=O)O. The summed E-state index contributed by atoms with van der Waals surface area (Å²) in [6.45, 7) is 9.09. The van der Waals surface area contributed by atoms with Gasteiger partial charge in [-0.1, -0.05) is 13.5 Å². The Balaban J connectivity index is 2.45. The summed E-state index contributed by atoms with van der Waals surface area (Å²) in [4.78, 5) is 15.2. The van der Waals surface area contributed by atoms with Crippen LogP contribution in [0.4, 0.5) is 0 Å². The maximum Gasteiger partial charge on any atom is 0.332 e. The van der Waals surface area contributed by atoms with Crippen LogP contribution in [0.3, 0.4) is 0 Å². The second-order valence-electron chi connectivity index (χ2n) is 4.19. The molecule has 1 N–H and O–H groups in total. The predicted octanol–water partition coefficient (Wildman–Crippen LogP) is 0.653. The lowest BCUT2D eigenvalue weighted by molar-refractivity contribution is -0.133. The van der Waals surface area contributed by atoms with Crippen molar-refractivity contribution in [2.75, 3.05) is 33.2 Å². The van der Waals surface area contributed by atoms with Crippen molar-refractivity contribution < 1.29 is 9.90 Å². The monoisotopic (exact) mass is 212 g/mol. The number of hydrogen-bond acceptors (Lipinski definition) is 3. The number of likely N-dealkylation sites (N-methyl/N-ethyl adjacent to an activating group) is 1. The maximum absolute atomic E-state index is 10.7. The zero-order valence-corrected chi connectivity index (χ0v) is 9.57. The average Bonchev–Trinajstić information content (AvgIpc) is 2.20. The number of piperazine rings is 1. The number of carbonyl (C=O) groups is 1. The molecular weight excluding hydrogens is 192 g/mol. The lowest BCUT2D eigenvalue weighted by atomic mass is 10.1. The molecule has 1 aliphatic heterocycles. The number of carboxylic acid groups (broad SMARTS) is 1. The van der Waals surface area contributed by atoms with Crippen molar-refractivity contribution in [3.8, 4) is 0 Å². The van der Waals surface area contributed by atoms with Gasteiger partial charge in [0.2, 0.25) is 0 Å². The number of aliphatic carboxylic acids is 1. The van der Waals surface area contributed by atoms with Gasteiger partial charge in [-0.15, -0.1) is 0 Å². The smallest absolute Gasteiger partial charge is 0.332 e. The first-order valence-corrected chi connectivity index (χ1v) is 5.38. The molecule has 0 aromatic heterocycles. The Morgan fingerprint density at radius 2 is 2.20 bits per heavy atom. The van der Waals surface area contributed by atoms with Crippen LogP contribution in [0.2, 0.25) is 0 Å². The number of carboxylic acids is 1. The molecule has 1 atom stereocenters. The number of hydrogen-bond donors (Lipinski definition) is 1. The van der Waals surface area contributed by atoms with Crippen molar-refractivity contribution in [3.05, 3.63) is 12.2 Å². The Labute approximate surface area is 91.2 Å². The lowest BCUT2D eigenvalue weighted by Gasteiger charge is -2.39. The minimum Gasteiger partial charge on any atom is -0.478 e. The molecule has 0 radical (unpaired) electrons. The van der Waals surface area contributed by atoms with Gasteiger partial charge in [0.1, 0.15) is 0 Å². The van der Waals surface area contributed by atoms with Gasteiger partial charge < -0.3 is 10.0 Å². The molecule has 1 aliphatic rings. The van der Waals surface area contributed by atoms with E-state index >= 15 is 0 Å². The number of rotatable bonds is 4. The molecule has 0 bridgehead atoms. The van der Waals surface area contributed by atoms with Crippen LogP contribution >= 0.6 is 0 Å². The third-order valence-electron chi connectivity index (χ3n) is 3.05. The Kier molecular flexibility index (Phi) is 4.29. The average molecular weight is 212 g/mol. The minimum absolute atomic E-state index is 0.286. The first-order valence-electron chi connectivity index (χ1n) is 5.38. The first-order chi connectivity index (χ1) is 7.04. The van der Waals surface area contributed by atoms with Crippen LogP contribution in [-0.4, -0.2) is 60.1 Å². The van der Waals surface area contributed by atoms with E-state index in [2.05, 4.69) is 30.4 Å². The fourth-order valence-electron chi connectivity index (χ4n) is 1.93. The van der Waals surface area contributed by atoms with E-state index in [1.807, 2.05) is 0 Å². The molecule has 0 saturated carbocycles. The predicted molar refractivity (Wildman–Crippen MR) is 59.9 cm³/mol. The summed E-state index contributed by atoms with van der Waals surface area (Å²) in [6.07, 6.45) is 1.10. The van der Waals surface area contributed by atoms with Crippen LogP contribution in [0, 0.1) is 0 Å². The first kappa shape index (κ1) is 12.2. The van der Waals surface area contributed by atoms with Crippen LogP contribution in [0.1, 0.15) is 13.3 Å². The molecular formula is C11H20N2O2. The quantitative estimate of drug-likeness (QED) is 0.695. The van der Waals surface area contributed by atoms with Gasteiger partial charge in [0, 0.05) is 37.8 Å². The summed E-state index contributed by atoms with van der Waals surface area (Å²) in [6, 6.07) is 0.542. The Morgan fingerprint density at radius 1 is 1.53 bits per heavy atom. The van der Waals surface area contributed by atoms with E-state index in [0.717, 1.165) is 26.1 Å². The Morgan fingerprint density at radius 3 is 2.73 bits per heavy atom. The highest BCUT2D eigenvalue weighted by molar-refractivity contribution is 5.86. The molecule has 0 aliphatic carbocycles. The van der Waals surface area contributed by atoms with Crippen molar-refractivity contribution in [3.63, 3.8) is 0 Å². The molecule has 0 aromatic rings. The van der Waals surface area contributed by atoms with Gasteiger partial charge in [-0.2, -0.15) is 0 Å². The third-order valence-corrected chi connectivity index (χ3v) is 3.05. The van der Waals surface area contributed by atoms with Crippen LogP contribution < -0.4 is 0 Å². The Bertz CT molecular complexity index is 253. The lowest BCUT2D eigenvalue weighted by Crippen LogP contribution is -2.51. The van der Waals surface area contributed by atoms with Crippen molar-refractivity contribution in [1.29, 1.82) is 0 Å². The molecule has 4 heteroatoms. The fourth-order valence-corrected chi connectivity index (χ4v) is 1.93. The molecule has 86 valence electrons. The summed E-state index contributed by atoms with van der Waals surface area (Å²) in [5.74, 6) is -0.887. The van der Waals surface area contributed by atoms with Crippen molar-refractivity contribution in [2.24, 2.45) is 0 Å². The third kappa shape index (κ3) is 3.32. The normalized spacial score (nSPS) is 24.0. The Hall–Kier alpha value is -0.870. The van der Waals surface area contributed by atoms with E-state index in [1.165, 1.54) is 0 Å². The highest BCUT2D eigenvalue weighted by atomic mass is 16.4. The molecule has 1 fully saturated rings. The summed E-state index contributed by atoms with van der Waals surface area (Å²) < 4.78 is 0. The second kappa shape index (κ2) is 5.28. The van der Waals surface area contributed by atoms with Crippen LogP contribution in [-0.2, 0) is 4.79 Å². The fraction of sp³-hybridized carbons (Fsp3) is 0.727. The van der Waals surface area contributed by atoms with Gasteiger partial charge in [-0.05, 0) is 13.5 Å². The molecule has 15 heavy (non-hydrogen) atoms. The second-order valence-corrected chi connectivity index (χ2v) is 4.19. The zero-order valence-electron chi connectivity index (χ0n) is 9.57. The van der Waals surface area contributed by atoms with E-state index in [1.54, 1.807) is 0 Å². The molecule has 1 heterocycles. The highest BCUT2D eigenvalue weighted by Crippen LogP contribution is 2.11. The van der Waals surface area contributed by atoms with Crippen LogP contribution in [0.25, 0.3) is 0 Å².